The molecule has 0 radical (unpaired) electrons. The van der Waals surface area contributed by atoms with E-state index in [-0.39, 0.29) is 30.4 Å². The third kappa shape index (κ3) is 8.45. The standard InChI is InChI=1S/C41H49N.2ClH/c1-30-19-13-15-25-36(30)29-32(3)38(39(34-21-9-6-10-22-34)35-23-11-7-12-24-35)33(4)40(37-26-16-14-20-31(37)2)42-41(5)27-17-8-18-28-41;;/h6-7,9-16,19-26,32-33,40,42H,8,17-18,27-29H2,1-5H3;2*1H/p-1. The smallest absolute Gasteiger partial charge is 0.119 e. The summed E-state index contributed by atoms with van der Waals surface area (Å²) in [6, 6.07) is 40.7. The summed E-state index contributed by atoms with van der Waals surface area (Å²) in [6.07, 6.45) is 7.68. The highest BCUT2D eigenvalue weighted by Crippen LogP contribution is 2.41. The van der Waals surface area contributed by atoms with Gasteiger partial charge >= 0.3 is 0 Å². The van der Waals surface area contributed by atoms with Gasteiger partial charge in [-0.1, -0.05) is 129 Å². The van der Waals surface area contributed by atoms with Crippen molar-refractivity contribution in [3.63, 3.8) is 0 Å². The summed E-state index contributed by atoms with van der Waals surface area (Å²) in [5.74, 6) is 0.704. The van der Waals surface area contributed by atoms with Crippen LogP contribution in [0.25, 0.3) is 5.57 Å². The second-order valence-electron chi connectivity index (χ2n) is 13.1. The average Bonchev–Trinajstić information content (AvgIpc) is 3.01. The lowest BCUT2D eigenvalue weighted by Crippen LogP contribution is -3.00. The Hall–Kier alpha value is -2.84. The van der Waals surface area contributed by atoms with Gasteiger partial charge in [-0.05, 0) is 84.9 Å². The minimum absolute atomic E-state index is 0. The number of rotatable bonds is 10. The summed E-state index contributed by atoms with van der Waals surface area (Å²) in [4.78, 5) is 0. The zero-order valence-electron chi connectivity index (χ0n) is 27.2. The van der Waals surface area contributed by atoms with Crippen molar-refractivity contribution in [1.29, 1.82) is 0 Å². The molecule has 1 nitrogen and oxygen atoms in total. The molecule has 0 aliphatic heterocycles. The number of benzene rings is 4. The fraction of sp³-hybridized carbons (Fsp3) is 0.366. The van der Waals surface area contributed by atoms with E-state index in [1.165, 1.54) is 71.1 Å². The fourth-order valence-electron chi connectivity index (χ4n) is 7.53. The van der Waals surface area contributed by atoms with Crippen molar-refractivity contribution in [2.75, 3.05) is 0 Å². The van der Waals surface area contributed by atoms with Crippen molar-refractivity contribution < 1.29 is 30.1 Å². The van der Waals surface area contributed by atoms with Crippen molar-refractivity contribution in [3.05, 3.63) is 148 Å². The third-order valence-corrected chi connectivity index (χ3v) is 9.89. The first-order chi connectivity index (χ1) is 20.4. The molecule has 0 spiro atoms. The maximum absolute atomic E-state index is 2.78. The predicted molar refractivity (Wildman–Crippen MR) is 179 cm³/mol. The molecule has 0 bridgehead atoms. The molecule has 0 aromatic heterocycles. The van der Waals surface area contributed by atoms with E-state index in [1.807, 2.05) is 0 Å². The summed E-state index contributed by atoms with van der Waals surface area (Å²) in [5, 5.41) is 2.78. The van der Waals surface area contributed by atoms with Crippen LogP contribution < -0.4 is 30.1 Å². The van der Waals surface area contributed by atoms with Crippen molar-refractivity contribution in [1.82, 2.24) is 0 Å². The summed E-state index contributed by atoms with van der Waals surface area (Å²) in [6.45, 7) is 12.1. The van der Waals surface area contributed by atoms with Crippen LogP contribution >= 0.6 is 0 Å². The number of nitrogens with two attached hydrogens (primary N) is 1. The highest BCUT2D eigenvalue weighted by atomic mass is 35.5. The van der Waals surface area contributed by atoms with Crippen molar-refractivity contribution >= 4 is 5.57 Å². The van der Waals surface area contributed by atoms with Gasteiger partial charge in [-0.25, -0.2) is 0 Å². The van der Waals surface area contributed by atoms with Crippen molar-refractivity contribution in [3.8, 4) is 0 Å². The van der Waals surface area contributed by atoms with Gasteiger partial charge in [-0.2, -0.15) is 0 Å². The lowest BCUT2D eigenvalue weighted by Gasteiger charge is -2.39. The second-order valence-corrected chi connectivity index (χ2v) is 13.1. The first-order valence-corrected chi connectivity index (χ1v) is 16.2. The van der Waals surface area contributed by atoms with Gasteiger partial charge in [0.05, 0.1) is 5.54 Å². The van der Waals surface area contributed by atoms with Gasteiger partial charge in [0.25, 0.3) is 0 Å². The second kappa shape index (κ2) is 16.5. The van der Waals surface area contributed by atoms with Gasteiger partial charge in [0.1, 0.15) is 6.04 Å². The molecule has 1 aliphatic rings. The average molecular weight is 628 g/mol. The molecule has 0 heterocycles. The summed E-state index contributed by atoms with van der Waals surface area (Å²) in [7, 11) is 0. The molecule has 1 fully saturated rings. The van der Waals surface area contributed by atoms with E-state index in [0.29, 0.717) is 17.9 Å². The molecule has 1 saturated carbocycles. The minimum Gasteiger partial charge on any atom is -1.00 e. The van der Waals surface area contributed by atoms with E-state index in [9.17, 15) is 0 Å². The van der Waals surface area contributed by atoms with Crippen LogP contribution in [0.3, 0.4) is 0 Å². The van der Waals surface area contributed by atoms with E-state index in [0.717, 1.165) is 6.42 Å². The van der Waals surface area contributed by atoms with Gasteiger partial charge in [0, 0.05) is 24.3 Å². The van der Waals surface area contributed by atoms with Crippen LogP contribution in [0, 0.1) is 25.7 Å². The van der Waals surface area contributed by atoms with E-state index < -0.39 is 0 Å². The Kier molecular flexibility index (Phi) is 13.3. The molecule has 4 aromatic rings. The maximum Gasteiger partial charge on any atom is 0.119 e. The Balaban J connectivity index is 0.00000264. The molecular weight excluding hydrogens is 577 g/mol. The van der Waals surface area contributed by atoms with Crippen LogP contribution in [0.2, 0.25) is 0 Å². The predicted octanol–water partition coefficient (Wildman–Crippen LogP) is 3.66. The van der Waals surface area contributed by atoms with Crippen LogP contribution in [0.4, 0.5) is 0 Å². The molecule has 5 rings (SSSR count). The summed E-state index contributed by atoms with van der Waals surface area (Å²) < 4.78 is 0. The highest BCUT2D eigenvalue weighted by Gasteiger charge is 2.39. The van der Waals surface area contributed by atoms with Crippen LogP contribution in [0.15, 0.2) is 115 Å². The molecule has 234 valence electrons. The Morgan fingerprint density at radius 3 is 1.70 bits per heavy atom. The molecule has 3 unspecified atom stereocenters. The van der Waals surface area contributed by atoms with E-state index in [1.54, 1.807) is 5.57 Å². The number of halogens is 2. The molecule has 1 aliphatic carbocycles. The topological polar surface area (TPSA) is 16.6 Å². The quantitative estimate of drug-likeness (QED) is 0.277. The Labute approximate surface area is 279 Å². The molecule has 2 N–H and O–H groups in total. The lowest BCUT2D eigenvalue weighted by atomic mass is 9.73. The first kappa shape index (κ1) is 35.6. The normalized spacial score (nSPS) is 16.0. The molecule has 3 atom stereocenters. The van der Waals surface area contributed by atoms with Gasteiger partial charge in [0.15, 0.2) is 0 Å². The summed E-state index contributed by atoms with van der Waals surface area (Å²) >= 11 is 0. The number of aryl methyl sites for hydroxylation is 2. The van der Waals surface area contributed by atoms with Crippen molar-refractivity contribution in [2.24, 2.45) is 11.8 Å². The monoisotopic (exact) mass is 626 g/mol. The number of quaternary nitrogens is 1. The molecule has 4 aromatic carbocycles. The van der Waals surface area contributed by atoms with E-state index in [4.69, 9.17) is 0 Å². The Morgan fingerprint density at radius 1 is 0.659 bits per heavy atom. The maximum atomic E-state index is 2.78. The molecular formula is C41H50Cl2N-. The Morgan fingerprint density at radius 2 is 1.16 bits per heavy atom. The molecule has 44 heavy (non-hydrogen) atoms. The Bertz CT molecular complexity index is 1430. The molecule has 0 saturated heterocycles. The highest BCUT2D eigenvalue weighted by molar-refractivity contribution is 5.82. The summed E-state index contributed by atoms with van der Waals surface area (Å²) in [5.41, 5.74) is 11.6. The van der Waals surface area contributed by atoms with Crippen LogP contribution in [0.5, 0.6) is 0 Å². The van der Waals surface area contributed by atoms with Gasteiger partial charge in [0.2, 0.25) is 0 Å². The van der Waals surface area contributed by atoms with E-state index in [2.05, 4.69) is 149 Å². The van der Waals surface area contributed by atoms with Gasteiger partial charge < -0.3 is 30.1 Å². The first-order valence-electron chi connectivity index (χ1n) is 16.2. The molecule has 3 heteroatoms. The molecule has 0 amide bonds. The fourth-order valence-corrected chi connectivity index (χ4v) is 7.53. The lowest BCUT2D eigenvalue weighted by molar-refractivity contribution is -0.767. The number of hydrogen-bond acceptors (Lipinski definition) is 0. The van der Waals surface area contributed by atoms with E-state index >= 15 is 0 Å². The van der Waals surface area contributed by atoms with Crippen LogP contribution in [-0.4, -0.2) is 5.54 Å². The van der Waals surface area contributed by atoms with Gasteiger partial charge in [-0.15, -0.1) is 0 Å². The van der Waals surface area contributed by atoms with Crippen LogP contribution in [0.1, 0.15) is 92.3 Å². The zero-order valence-corrected chi connectivity index (χ0v) is 28.7. The zero-order chi connectivity index (χ0) is 29.5. The minimum atomic E-state index is 0. The largest absolute Gasteiger partial charge is 1.00 e. The number of hydrogen-bond donors (Lipinski definition) is 1. The van der Waals surface area contributed by atoms with Crippen LogP contribution in [-0.2, 0) is 6.42 Å². The SMILES string of the molecule is Cc1ccccc1CC(C)C(=C(c1ccccc1)c1ccccc1)C(C)C([NH2+]C1(C)CCCCC1)c1ccccc1C.[Cl-].[Cl-]. The van der Waals surface area contributed by atoms with Crippen molar-refractivity contribution in [2.45, 2.75) is 84.7 Å². The van der Waals surface area contributed by atoms with Gasteiger partial charge in [-0.3, -0.25) is 0 Å². The third-order valence-electron chi connectivity index (χ3n) is 9.89.